The van der Waals surface area contributed by atoms with Crippen LogP contribution in [0.1, 0.15) is 27.8 Å². The van der Waals surface area contributed by atoms with Gasteiger partial charge in [-0.2, -0.15) is 0 Å². The third-order valence-corrected chi connectivity index (χ3v) is 9.51. The van der Waals surface area contributed by atoms with Crippen molar-refractivity contribution in [1.82, 2.24) is 9.97 Å². The Morgan fingerprint density at radius 1 is 0.386 bits per heavy atom. The van der Waals surface area contributed by atoms with Crippen molar-refractivity contribution in [3.63, 3.8) is 0 Å². The van der Waals surface area contributed by atoms with Crippen molar-refractivity contribution in [2.75, 3.05) is 0 Å². The van der Waals surface area contributed by atoms with Crippen LogP contribution in [-0.4, -0.2) is 9.97 Å². The van der Waals surface area contributed by atoms with E-state index in [2.05, 4.69) is 146 Å². The molecule has 0 unspecified atom stereocenters. The molecular formula is C42H28N2. The summed E-state index contributed by atoms with van der Waals surface area (Å²) in [5, 5.41) is 0. The number of aryl methyl sites for hydroxylation is 1. The van der Waals surface area contributed by atoms with Gasteiger partial charge in [0.1, 0.15) is 0 Å². The van der Waals surface area contributed by atoms with Crippen molar-refractivity contribution >= 4 is 0 Å². The first-order valence-electron chi connectivity index (χ1n) is 15.2. The lowest BCUT2D eigenvalue weighted by molar-refractivity contribution is 0.775. The summed E-state index contributed by atoms with van der Waals surface area (Å²) in [5.41, 5.74) is 16.8. The molecule has 0 atom stereocenters. The van der Waals surface area contributed by atoms with Gasteiger partial charge in [-0.1, -0.05) is 139 Å². The molecule has 7 aromatic rings. The predicted molar refractivity (Wildman–Crippen MR) is 179 cm³/mol. The molecule has 6 aromatic carbocycles. The molecule has 1 heterocycles. The van der Waals surface area contributed by atoms with Crippen molar-refractivity contribution in [3.05, 3.63) is 180 Å². The molecule has 0 bridgehead atoms. The Kier molecular flexibility index (Phi) is 5.36. The van der Waals surface area contributed by atoms with Gasteiger partial charge in [0, 0.05) is 23.5 Å². The van der Waals surface area contributed by atoms with Crippen LogP contribution >= 0.6 is 0 Å². The molecule has 9 rings (SSSR count). The van der Waals surface area contributed by atoms with E-state index in [1.54, 1.807) is 0 Å². The Balaban J connectivity index is 1.33. The molecule has 1 spiro atoms. The topological polar surface area (TPSA) is 25.8 Å². The molecule has 206 valence electrons. The molecule has 0 N–H and O–H groups in total. The van der Waals surface area contributed by atoms with Gasteiger partial charge in [-0.25, -0.2) is 9.97 Å². The molecular weight excluding hydrogens is 532 g/mol. The van der Waals surface area contributed by atoms with E-state index >= 15 is 0 Å². The zero-order chi connectivity index (χ0) is 29.3. The molecule has 0 saturated heterocycles. The van der Waals surface area contributed by atoms with Crippen LogP contribution in [0, 0.1) is 6.92 Å². The third-order valence-electron chi connectivity index (χ3n) is 9.51. The van der Waals surface area contributed by atoms with Gasteiger partial charge in [-0.05, 0) is 74.2 Å². The van der Waals surface area contributed by atoms with Crippen molar-refractivity contribution < 1.29 is 0 Å². The first-order valence-corrected chi connectivity index (χ1v) is 15.2. The Morgan fingerprint density at radius 2 is 0.818 bits per heavy atom. The second-order valence-corrected chi connectivity index (χ2v) is 11.9. The third kappa shape index (κ3) is 3.43. The maximum atomic E-state index is 4.78. The Labute approximate surface area is 257 Å². The van der Waals surface area contributed by atoms with E-state index in [1.165, 1.54) is 61.2 Å². The summed E-state index contributed by atoms with van der Waals surface area (Å²) >= 11 is 0. The summed E-state index contributed by atoms with van der Waals surface area (Å²) in [7, 11) is 0. The van der Waals surface area contributed by atoms with E-state index in [4.69, 9.17) is 9.97 Å². The Morgan fingerprint density at radius 3 is 1.39 bits per heavy atom. The standard InChI is InChI=1S/C42H28N2/c1-27-18-20-28(21-19-27)41-43-25-30(26-44-41)29-22-23-40-36(24-29)32-11-3-2-10-31(32)33-12-4-7-15-37(33)42(40)38-16-8-5-13-34(38)35-14-6-9-17-39(35)42/h2-26H,1H3. The quantitative estimate of drug-likeness (QED) is 0.210. The van der Waals surface area contributed by atoms with Crippen molar-refractivity contribution in [3.8, 4) is 55.9 Å². The van der Waals surface area contributed by atoms with Crippen molar-refractivity contribution in [1.29, 1.82) is 0 Å². The smallest absolute Gasteiger partial charge is 0.159 e. The van der Waals surface area contributed by atoms with Gasteiger partial charge in [0.05, 0.1) is 5.41 Å². The second-order valence-electron chi connectivity index (χ2n) is 11.9. The molecule has 2 aliphatic carbocycles. The fourth-order valence-electron chi connectivity index (χ4n) is 7.56. The molecule has 1 aromatic heterocycles. The van der Waals surface area contributed by atoms with Crippen LogP contribution in [0.2, 0.25) is 0 Å². The predicted octanol–water partition coefficient (Wildman–Crippen LogP) is 10.1. The second kappa shape index (κ2) is 9.45. The van der Waals surface area contributed by atoms with Gasteiger partial charge in [0.25, 0.3) is 0 Å². The van der Waals surface area contributed by atoms with E-state index in [1.807, 2.05) is 12.4 Å². The van der Waals surface area contributed by atoms with E-state index in [0.29, 0.717) is 0 Å². The van der Waals surface area contributed by atoms with Crippen LogP contribution in [-0.2, 0) is 5.41 Å². The van der Waals surface area contributed by atoms with Gasteiger partial charge in [-0.15, -0.1) is 0 Å². The monoisotopic (exact) mass is 560 g/mol. The molecule has 0 radical (unpaired) electrons. The van der Waals surface area contributed by atoms with Crippen molar-refractivity contribution in [2.45, 2.75) is 12.3 Å². The van der Waals surface area contributed by atoms with Crippen LogP contribution in [0.15, 0.2) is 152 Å². The molecule has 0 aliphatic heterocycles. The normalized spacial score (nSPS) is 13.3. The van der Waals surface area contributed by atoms with Crippen molar-refractivity contribution in [2.24, 2.45) is 0 Å². The lowest BCUT2D eigenvalue weighted by Crippen LogP contribution is -2.29. The first-order chi connectivity index (χ1) is 21.7. The summed E-state index contributed by atoms with van der Waals surface area (Å²) in [6.07, 6.45) is 3.91. The highest BCUT2D eigenvalue weighted by atomic mass is 14.9. The lowest BCUT2D eigenvalue weighted by atomic mass is 9.66. The molecule has 0 amide bonds. The highest BCUT2D eigenvalue weighted by Gasteiger charge is 2.49. The van der Waals surface area contributed by atoms with E-state index in [9.17, 15) is 0 Å². The Bertz CT molecular complexity index is 2180. The number of benzene rings is 6. The van der Waals surface area contributed by atoms with Crippen LogP contribution in [0.4, 0.5) is 0 Å². The highest BCUT2D eigenvalue weighted by Crippen LogP contribution is 2.61. The minimum Gasteiger partial charge on any atom is -0.236 e. The minimum atomic E-state index is -0.456. The SMILES string of the molecule is Cc1ccc(-c2ncc(-c3ccc4c(c3)-c3ccccc3-c3ccccc3C43c4ccccc4-c4ccccc43)cn2)cc1. The summed E-state index contributed by atoms with van der Waals surface area (Å²) in [4.78, 5) is 9.56. The minimum absolute atomic E-state index is 0.456. The molecule has 0 fully saturated rings. The number of aromatic nitrogens is 2. The highest BCUT2D eigenvalue weighted by molar-refractivity contribution is 5.98. The maximum Gasteiger partial charge on any atom is 0.159 e. The number of nitrogens with zero attached hydrogens (tertiary/aromatic N) is 2. The molecule has 2 aliphatic rings. The number of rotatable bonds is 2. The fraction of sp³-hybridized carbons (Fsp3) is 0.0476. The summed E-state index contributed by atoms with van der Waals surface area (Å²) in [6.45, 7) is 2.09. The van der Waals surface area contributed by atoms with Gasteiger partial charge < -0.3 is 0 Å². The van der Waals surface area contributed by atoms with Gasteiger partial charge in [0.2, 0.25) is 0 Å². The average molecular weight is 561 g/mol. The van der Waals surface area contributed by atoms with Crippen LogP contribution in [0.5, 0.6) is 0 Å². The Hall–Kier alpha value is -5.60. The first kappa shape index (κ1) is 24.9. The number of hydrogen-bond acceptors (Lipinski definition) is 2. The largest absolute Gasteiger partial charge is 0.236 e. The molecule has 2 nitrogen and oxygen atoms in total. The summed E-state index contributed by atoms with van der Waals surface area (Å²) < 4.78 is 0. The molecule has 2 heteroatoms. The molecule has 0 saturated carbocycles. The summed E-state index contributed by atoms with van der Waals surface area (Å²) in [5.74, 6) is 0.738. The van der Waals surface area contributed by atoms with Gasteiger partial charge >= 0.3 is 0 Å². The number of hydrogen-bond donors (Lipinski definition) is 0. The zero-order valence-electron chi connectivity index (χ0n) is 24.3. The maximum absolute atomic E-state index is 4.78. The molecule has 44 heavy (non-hydrogen) atoms. The van der Waals surface area contributed by atoms with Crippen LogP contribution in [0.25, 0.3) is 55.9 Å². The van der Waals surface area contributed by atoms with Gasteiger partial charge in [-0.3, -0.25) is 0 Å². The van der Waals surface area contributed by atoms with Crippen LogP contribution < -0.4 is 0 Å². The fourth-order valence-corrected chi connectivity index (χ4v) is 7.56. The van der Waals surface area contributed by atoms with E-state index < -0.39 is 5.41 Å². The summed E-state index contributed by atoms with van der Waals surface area (Å²) in [6, 6.07) is 51.1. The van der Waals surface area contributed by atoms with Crippen LogP contribution in [0.3, 0.4) is 0 Å². The number of fused-ring (bicyclic) bond motifs is 12. The zero-order valence-corrected chi connectivity index (χ0v) is 24.3. The van der Waals surface area contributed by atoms with Gasteiger partial charge in [0.15, 0.2) is 5.82 Å². The lowest BCUT2D eigenvalue weighted by Gasteiger charge is -2.35. The average Bonchev–Trinajstić information content (AvgIpc) is 3.33. The van der Waals surface area contributed by atoms with E-state index in [-0.39, 0.29) is 0 Å². The van der Waals surface area contributed by atoms with E-state index in [0.717, 1.165) is 22.5 Å².